The maximum Gasteiger partial charge on any atom is 0.230 e. The SMILES string of the molecule is CN(C(=O)C(CC(=O)Cc1[nH]nc2c(N)cccc12)Cc1ccccc1)c1ccc2c(c1)=CCC=2. The number of aromatic nitrogens is 2. The number of aromatic amines is 1. The number of para-hydroxylation sites is 1. The smallest absolute Gasteiger partial charge is 0.230 e. The second-order valence-corrected chi connectivity index (χ2v) is 9.11. The molecular weight excluding hydrogens is 436 g/mol. The Bertz CT molecular complexity index is 1520. The molecule has 0 saturated heterocycles. The molecule has 0 spiro atoms. The molecule has 0 aliphatic heterocycles. The van der Waals surface area contributed by atoms with E-state index < -0.39 is 5.92 Å². The van der Waals surface area contributed by atoms with Crippen molar-refractivity contribution < 1.29 is 9.59 Å². The van der Waals surface area contributed by atoms with Gasteiger partial charge in [0.15, 0.2) is 0 Å². The van der Waals surface area contributed by atoms with Crippen LogP contribution in [0.3, 0.4) is 0 Å². The summed E-state index contributed by atoms with van der Waals surface area (Å²) in [7, 11) is 1.79. The van der Waals surface area contributed by atoms with E-state index in [-0.39, 0.29) is 24.5 Å². The minimum absolute atomic E-state index is 0.0162. The number of ketones is 1. The predicted octanol–water partition coefficient (Wildman–Crippen LogP) is 3.13. The van der Waals surface area contributed by atoms with Gasteiger partial charge in [0.25, 0.3) is 0 Å². The number of carbonyl (C=O) groups excluding carboxylic acids is 2. The summed E-state index contributed by atoms with van der Waals surface area (Å²) in [6.07, 6.45) is 6.05. The van der Waals surface area contributed by atoms with Crippen LogP contribution in [-0.4, -0.2) is 28.9 Å². The van der Waals surface area contributed by atoms with Crippen molar-refractivity contribution in [3.8, 4) is 0 Å². The molecule has 1 aliphatic rings. The van der Waals surface area contributed by atoms with E-state index in [1.54, 1.807) is 18.0 Å². The lowest BCUT2D eigenvalue weighted by molar-refractivity contribution is -0.127. The van der Waals surface area contributed by atoms with Gasteiger partial charge in [-0.3, -0.25) is 14.7 Å². The number of nitrogen functional groups attached to an aromatic ring is 1. The number of hydrogen-bond acceptors (Lipinski definition) is 4. The van der Waals surface area contributed by atoms with Gasteiger partial charge in [0, 0.05) is 36.9 Å². The van der Waals surface area contributed by atoms with Crippen molar-refractivity contribution >= 4 is 46.1 Å². The molecule has 1 amide bonds. The summed E-state index contributed by atoms with van der Waals surface area (Å²) < 4.78 is 0. The van der Waals surface area contributed by atoms with E-state index in [1.807, 2.05) is 60.7 Å². The van der Waals surface area contributed by atoms with Crippen molar-refractivity contribution in [2.75, 3.05) is 17.7 Å². The van der Waals surface area contributed by atoms with Crippen LogP contribution in [0.4, 0.5) is 11.4 Å². The molecule has 35 heavy (non-hydrogen) atoms. The number of nitrogens with two attached hydrogens (primary N) is 1. The number of carbonyl (C=O) groups is 2. The van der Waals surface area contributed by atoms with Crippen LogP contribution in [0.5, 0.6) is 0 Å². The number of H-pyrrole nitrogens is 1. The van der Waals surface area contributed by atoms with Crippen LogP contribution < -0.4 is 21.1 Å². The van der Waals surface area contributed by atoms with Crippen molar-refractivity contribution in [2.45, 2.75) is 25.7 Å². The third-order valence-electron chi connectivity index (χ3n) is 6.68. The zero-order valence-corrected chi connectivity index (χ0v) is 19.7. The van der Waals surface area contributed by atoms with Gasteiger partial charge >= 0.3 is 0 Å². The topological polar surface area (TPSA) is 92.1 Å². The van der Waals surface area contributed by atoms with Gasteiger partial charge in [-0.25, -0.2) is 0 Å². The molecule has 1 atom stereocenters. The standard InChI is InChI=1S/C29H28N4O2/c1-33(23-14-13-20-9-5-10-21(20)16-23)29(35)22(15-19-7-3-2-4-8-19)17-24(34)18-27-25-11-6-12-26(30)28(25)32-31-27/h2-4,6-14,16,22H,5,15,17-18,30H2,1H3,(H,31,32). The number of anilines is 2. The van der Waals surface area contributed by atoms with Gasteiger partial charge in [-0.1, -0.05) is 60.7 Å². The van der Waals surface area contributed by atoms with E-state index in [0.29, 0.717) is 17.6 Å². The lowest BCUT2D eigenvalue weighted by Gasteiger charge is -2.24. The zero-order valence-electron chi connectivity index (χ0n) is 19.7. The molecule has 176 valence electrons. The summed E-state index contributed by atoms with van der Waals surface area (Å²) >= 11 is 0. The molecule has 6 nitrogen and oxygen atoms in total. The molecule has 3 aromatic carbocycles. The number of nitrogens with one attached hydrogen (secondary N) is 1. The minimum atomic E-state index is -0.474. The maximum absolute atomic E-state index is 13.7. The van der Waals surface area contributed by atoms with E-state index in [9.17, 15) is 9.59 Å². The third kappa shape index (κ3) is 4.73. The van der Waals surface area contributed by atoms with Crippen LogP contribution in [-0.2, 0) is 22.4 Å². The fourth-order valence-corrected chi connectivity index (χ4v) is 4.78. The highest BCUT2D eigenvalue weighted by molar-refractivity contribution is 5.98. The van der Waals surface area contributed by atoms with Crippen molar-refractivity contribution in [2.24, 2.45) is 5.92 Å². The molecule has 0 saturated carbocycles. The highest BCUT2D eigenvalue weighted by Gasteiger charge is 2.27. The lowest BCUT2D eigenvalue weighted by atomic mass is 9.91. The third-order valence-corrected chi connectivity index (χ3v) is 6.68. The first-order chi connectivity index (χ1) is 17.0. The van der Waals surface area contributed by atoms with Gasteiger partial charge in [0.1, 0.15) is 11.3 Å². The van der Waals surface area contributed by atoms with Crippen LogP contribution in [0, 0.1) is 5.92 Å². The van der Waals surface area contributed by atoms with Gasteiger partial charge < -0.3 is 10.6 Å². The second-order valence-electron chi connectivity index (χ2n) is 9.11. The first kappa shape index (κ1) is 22.6. The summed E-state index contributed by atoms with van der Waals surface area (Å²) in [5.74, 6) is -0.557. The molecule has 1 heterocycles. The molecule has 0 radical (unpaired) electrons. The monoisotopic (exact) mass is 464 g/mol. The molecule has 0 fully saturated rings. The largest absolute Gasteiger partial charge is 0.397 e. The predicted molar refractivity (Wildman–Crippen MR) is 140 cm³/mol. The Morgan fingerprint density at radius 3 is 2.66 bits per heavy atom. The van der Waals surface area contributed by atoms with E-state index in [4.69, 9.17) is 5.73 Å². The molecule has 1 aliphatic carbocycles. The summed E-state index contributed by atoms with van der Waals surface area (Å²) in [6, 6.07) is 21.4. The average Bonchev–Trinajstić information content (AvgIpc) is 3.51. The van der Waals surface area contributed by atoms with Gasteiger partial charge in [0.05, 0.1) is 11.4 Å². The average molecular weight is 465 g/mol. The lowest BCUT2D eigenvalue weighted by Crippen LogP contribution is -2.36. The Hall–Kier alpha value is -4.19. The normalized spacial score (nSPS) is 13.1. The van der Waals surface area contributed by atoms with Crippen molar-refractivity contribution in [3.05, 3.63) is 88.4 Å². The summed E-state index contributed by atoms with van der Waals surface area (Å²) in [4.78, 5) is 28.5. The first-order valence-corrected chi connectivity index (χ1v) is 11.8. The van der Waals surface area contributed by atoms with Crippen molar-refractivity contribution in [3.63, 3.8) is 0 Å². The van der Waals surface area contributed by atoms with Gasteiger partial charge in [-0.05, 0) is 47.0 Å². The Kier molecular flexibility index (Phi) is 6.19. The molecule has 5 rings (SSSR count). The molecule has 6 heteroatoms. The van der Waals surface area contributed by atoms with E-state index in [0.717, 1.165) is 34.0 Å². The van der Waals surface area contributed by atoms with E-state index in [2.05, 4.69) is 22.3 Å². The first-order valence-electron chi connectivity index (χ1n) is 11.8. The molecular formula is C29H28N4O2. The van der Waals surface area contributed by atoms with E-state index in [1.165, 1.54) is 5.22 Å². The van der Waals surface area contributed by atoms with Gasteiger partial charge in [-0.15, -0.1) is 0 Å². The Morgan fingerprint density at radius 2 is 1.83 bits per heavy atom. The quantitative estimate of drug-likeness (QED) is 0.392. The van der Waals surface area contributed by atoms with E-state index >= 15 is 0 Å². The molecule has 0 bridgehead atoms. The number of hydrogen-bond donors (Lipinski definition) is 2. The summed E-state index contributed by atoms with van der Waals surface area (Å²) in [6.45, 7) is 0. The van der Waals surface area contributed by atoms with Crippen LogP contribution in [0.1, 0.15) is 24.1 Å². The number of benzene rings is 3. The number of Topliss-reactive ketones (excluding diaryl/α,β-unsaturated/α-hetero) is 1. The Labute approximate surface area is 203 Å². The number of amides is 1. The van der Waals surface area contributed by atoms with Crippen LogP contribution in [0.25, 0.3) is 23.1 Å². The number of rotatable bonds is 8. The van der Waals surface area contributed by atoms with Gasteiger partial charge in [0.2, 0.25) is 5.91 Å². The molecule has 1 aromatic heterocycles. The van der Waals surface area contributed by atoms with Crippen LogP contribution in [0.15, 0.2) is 66.7 Å². The summed E-state index contributed by atoms with van der Waals surface area (Å²) in [5, 5.41) is 10.4. The van der Waals surface area contributed by atoms with Crippen LogP contribution in [0.2, 0.25) is 0 Å². The highest BCUT2D eigenvalue weighted by atomic mass is 16.2. The molecule has 1 unspecified atom stereocenters. The number of fused-ring (bicyclic) bond motifs is 2. The zero-order chi connectivity index (χ0) is 24.4. The minimum Gasteiger partial charge on any atom is -0.397 e. The maximum atomic E-state index is 13.7. The molecule has 4 aromatic rings. The second kappa shape index (κ2) is 9.58. The highest BCUT2D eigenvalue weighted by Crippen LogP contribution is 2.24. The van der Waals surface area contributed by atoms with Crippen LogP contribution >= 0.6 is 0 Å². The Morgan fingerprint density at radius 1 is 1.03 bits per heavy atom. The van der Waals surface area contributed by atoms with Crippen molar-refractivity contribution in [1.29, 1.82) is 0 Å². The molecule has 3 N–H and O–H groups in total. The fourth-order valence-electron chi connectivity index (χ4n) is 4.78. The number of nitrogens with zero attached hydrogens (tertiary/aromatic N) is 2. The van der Waals surface area contributed by atoms with Gasteiger partial charge in [-0.2, -0.15) is 5.10 Å². The Balaban J connectivity index is 1.38. The van der Waals surface area contributed by atoms with Crippen molar-refractivity contribution in [1.82, 2.24) is 10.2 Å². The summed E-state index contributed by atoms with van der Waals surface area (Å²) in [5.41, 5.74) is 9.83. The fraction of sp³-hybridized carbons (Fsp3) is 0.207.